The number of hydrogen-bond acceptors (Lipinski definition) is 4. The Labute approximate surface area is 140 Å². The third-order valence-electron chi connectivity index (χ3n) is 5.28. The summed E-state index contributed by atoms with van der Waals surface area (Å²) in [5.41, 5.74) is 0.625. The zero-order chi connectivity index (χ0) is 16.5. The summed E-state index contributed by atoms with van der Waals surface area (Å²) in [7, 11) is 0. The van der Waals surface area contributed by atoms with Crippen molar-refractivity contribution in [3.63, 3.8) is 0 Å². The van der Waals surface area contributed by atoms with Gasteiger partial charge in [0.25, 0.3) is 0 Å². The first-order chi connectivity index (χ1) is 11.7. The minimum Gasteiger partial charge on any atom is -0.462 e. The van der Waals surface area contributed by atoms with Gasteiger partial charge in [0.05, 0.1) is 24.3 Å². The van der Waals surface area contributed by atoms with Crippen LogP contribution in [0.2, 0.25) is 0 Å². The van der Waals surface area contributed by atoms with Crippen LogP contribution < -0.4 is 0 Å². The van der Waals surface area contributed by atoms with Gasteiger partial charge in [0.15, 0.2) is 0 Å². The summed E-state index contributed by atoms with van der Waals surface area (Å²) in [5.74, 6) is -0.284. The van der Waals surface area contributed by atoms with Crippen LogP contribution in [-0.4, -0.2) is 25.2 Å². The van der Waals surface area contributed by atoms with E-state index in [2.05, 4.69) is 0 Å². The number of fused-ring (bicyclic) bond motifs is 4. The molecule has 0 saturated heterocycles. The summed E-state index contributed by atoms with van der Waals surface area (Å²) >= 11 is 0. The molecule has 1 heterocycles. The first-order valence-electron chi connectivity index (χ1n) is 8.60. The number of ether oxygens (including phenoxy) is 2. The molecule has 124 valence electrons. The number of carbonyl (C=O) groups excluding carboxylic acids is 2. The van der Waals surface area contributed by atoms with Crippen LogP contribution in [0.25, 0.3) is 10.8 Å². The average molecular weight is 324 g/mol. The highest BCUT2D eigenvalue weighted by Crippen LogP contribution is 2.33. The molecule has 0 N–H and O–H groups in total. The maximum Gasteiger partial charge on any atom is 0.339 e. The lowest BCUT2D eigenvalue weighted by Crippen LogP contribution is -2.31. The molecule has 2 aliphatic rings. The monoisotopic (exact) mass is 324 g/mol. The van der Waals surface area contributed by atoms with Crippen molar-refractivity contribution in [2.45, 2.75) is 25.7 Å². The molecule has 24 heavy (non-hydrogen) atoms. The van der Waals surface area contributed by atoms with Crippen LogP contribution in [0.4, 0.5) is 0 Å². The molecule has 1 aliphatic carbocycles. The number of esters is 2. The van der Waals surface area contributed by atoms with Crippen molar-refractivity contribution in [1.82, 2.24) is 0 Å². The van der Waals surface area contributed by atoms with Gasteiger partial charge in [-0.1, -0.05) is 43.2 Å². The third-order valence-corrected chi connectivity index (χ3v) is 5.28. The van der Waals surface area contributed by atoms with Crippen molar-refractivity contribution in [2.75, 3.05) is 13.2 Å². The zero-order valence-electron chi connectivity index (χ0n) is 13.5. The topological polar surface area (TPSA) is 52.6 Å². The van der Waals surface area contributed by atoms with E-state index in [-0.39, 0.29) is 11.8 Å². The number of benzene rings is 2. The number of carbonyl (C=O) groups is 2. The highest BCUT2D eigenvalue weighted by atomic mass is 16.5. The van der Waals surface area contributed by atoms with Gasteiger partial charge in [-0.15, -0.1) is 0 Å². The Morgan fingerprint density at radius 1 is 0.792 bits per heavy atom. The molecule has 0 aromatic heterocycles. The van der Waals surface area contributed by atoms with E-state index in [9.17, 15) is 9.59 Å². The number of cyclic esters (lactones) is 2. The lowest BCUT2D eigenvalue weighted by Gasteiger charge is -2.31. The largest absolute Gasteiger partial charge is 0.462 e. The summed E-state index contributed by atoms with van der Waals surface area (Å²) in [6.45, 7) is 0.816. The highest BCUT2D eigenvalue weighted by molar-refractivity contribution is 6.12. The summed E-state index contributed by atoms with van der Waals surface area (Å²) in [6, 6.07) is 11.0. The van der Waals surface area contributed by atoms with Crippen molar-refractivity contribution < 1.29 is 19.1 Å². The van der Waals surface area contributed by atoms with Crippen molar-refractivity contribution in [1.29, 1.82) is 0 Å². The average Bonchev–Trinajstić information content (AvgIpc) is 2.63. The van der Waals surface area contributed by atoms with Crippen LogP contribution in [0.1, 0.15) is 46.4 Å². The molecule has 0 amide bonds. The van der Waals surface area contributed by atoms with Crippen LogP contribution in [0.15, 0.2) is 36.4 Å². The minimum absolute atomic E-state index is 0.284. The fraction of sp³-hybridized carbons (Fsp3) is 0.400. The van der Waals surface area contributed by atoms with Crippen molar-refractivity contribution in [2.24, 2.45) is 11.8 Å². The number of rotatable bonds is 0. The molecule has 0 spiro atoms. The molecule has 2 unspecified atom stereocenters. The van der Waals surface area contributed by atoms with Crippen LogP contribution in [0.3, 0.4) is 0 Å². The van der Waals surface area contributed by atoms with E-state index in [1.807, 2.05) is 30.3 Å². The van der Waals surface area contributed by atoms with Gasteiger partial charge in [0, 0.05) is 0 Å². The minimum atomic E-state index is -0.432. The van der Waals surface area contributed by atoms with E-state index in [4.69, 9.17) is 9.47 Å². The molecular weight excluding hydrogens is 304 g/mol. The maximum atomic E-state index is 12.7. The maximum absolute atomic E-state index is 12.7. The summed E-state index contributed by atoms with van der Waals surface area (Å²) in [6.07, 6.45) is 4.35. The second-order valence-corrected chi connectivity index (χ2v) is 6.71. The Morgan fingerprint density at radius 3 is 2.21 bits per heavy atom. The third kappa shape index (κ3) is 2.66. The van der Waals surface area contributed by atoms with Gasteiger partial charge < -0.3 is 9.47 Å². The Balaban J connectivity index is 1.78. The van der Waals surface area contributed by atoms with Crippen LogP contribution in [0, 0.1) is 11.8 Å². The molecule has 2 atom stereocenters. The van der Waals surface area contributed by atoms with Crippen LogP contribution in [0.5, 0.6) is 0 Å². The standard InChI is InChI=1S/C20H20O4/c21-19-17-10-9-13-5-3-4-8-16(13)18(17)20(22)24-12-15-7-2-1-6-14(15)11-23-19/h3-5,8-10,14-15H,1-2,6-7,11-12H2. The summed E-state index contributed by atoms with van der Waals surface area (Å²) < 4.78 is 11.2. The molecule has 4 heteroatoms. The Hall–Kier alpha value is -2.36. The summed E-state index contributed by atoms with van der Waals surface area (Å²) in [5, 5.41) is 1.64. The van der Waals surface area contributed by atoms with Gasteiger partial charge in [-0.25, -0.2) is 9.59 Å². The normalized spacial score (nSPS) is 24.5. The molecule has 1 fully saturated rings. The quantitative estimate of drug-likeness (QED) is 0.688. The Bertz CT molecular complexity index is 795. The van der Waals surface area contributed by atoms with E-state index in [0.29, 0.717) is 24.3 Å². The number of hydrogen-bond donors (Lipinski definition) is 0. The fourth-order valence-corrected chi connectivity index (χ4v) is 3.90. The van der Waals surface area contributed by atoms with Gasteiger partial charge >= 0.3 is 11.9 Å². The lowest BCUT2D eigenvalue weighted by molar-refractivity contribution is 0.0106. The summed E-state index contributed by atoms with van der Waals surface area (Å²) in [4.78, 5) is 25.3. The zero-order valence-corrected chi connectivity index (χ0v) is 13.5. The Kier molecular flexibility index (Phi) is 3.97. The van der Waals surface area contributed by atoms with Gasteiger partial charge in [-0.05, 0) is 41.5 Å². The molecular formula is C20H20O4. The van der Waals surface area contributed by atoms with Crippen molar-refractivity contribution >= 4 is 22.7 Å². The van der Waals surface area contributed by atoms with Crippen molar-refractivity contribution in [3.05, 3.63) is 47.5 Å². The molecule has 1 aliphatic heterocycles. The molecule has 2 aromatic carbocycles. The predicted octanol–water partition coefficient (Wildman–Crippen LogP) is 3.97. The van der Waals surface area contributed by atoms with E-state index in [1.165, 1.54) is 0 Å². The van der Waals surface area contributed by atoms with Gasteiger partial charge in [0.2, 0.25) is 0 Å². The smallest absolute Gasteiger partial charge is 0.339 e. The highest BCUT2D eigenvalue weighted by Gasteiger charge is 2.31. The van der Waals surface area contributed by atoms with Gasteiger partial charge in [-0.3, -0.25) is 0 Å². The first kappa shape index (κ1) is 15.2. The molecule has 1 saturated carbocycles. The second kappa shape index (κ2) is 6.27. The SMILES string of the molecule is O=C1OCC2CCCCC2COC(=O)c2c1ccc1ccccc21. The van der Waals surface area contributed by atoms with E-state index in [1.54, 1.807) is 6.07 Å². The lowest BCUT2D eigenvalue weighted by atomic mass is 9.80. The van der Waals surface area contributed by atoms with E-state index >= 15 is 0 Å². The molecule has 0 radical (unpaired) electrons. The predicted molar refractivity (Wildman–Crippen MR) is 90.0 cm³/mol. The van der Waals surface area contributed by atoms with Gasteiger partial charge in [0.1, 0.15) is 0 Å². The van der Waals surface area contributed by atoms with Crippen molar-refractivity contribution in [3.8, 4) is 0 Å². The molecule has 0 bridgehead atoms. The van der Waals surface area contributed by atoms with E-state index in [0.717, 1.165) is 36.5 Å². The van der Waals surface area contributed by atoms with E-state index < -0.39 is 11.9 Å². The second-order valence-electron chi connectivity index (χ2n) is 6.71. The first-order valence-corrected chi connectivity index (χ1v) is 8.60. The van der Waals surface area contributed by atoms with Gasteiger partial charge in [-0.2, -0.15) is 0 Å². The van der Waals surface area contributed by atoms with Crippen LogP contribution in [-0.2, 0) is 9.47 Å². The fourth-order valence-electron chi connectivity index (χ4n) is 3.90. The molecule has 4 nitrogen and oxygen atoms in total. The Morgan fingerprint density at radius 2 is 1.46 bits per heavy atom. The van der Waals surface area contributed by atoms with Crippen LogP contribution >= 0.6 is 0 Å². The molecule has 2 aromatic rings. The molecule has 4 rings (SSSR count).